The van der Waals surface area contributed by atoms with E-state index in [1.807, 2.05) is 19.1 Å². The van der Waals surface area contributed by atoms with Crippen molar-refractivity contribution in [2.45, 2.75) is 20.3 Å². The van der Waals surface area contributed by atoms with E-state index in [4.69, 9.17) is 27.9 Å². The Morgan fingerprint density at radius 3 is 2.61 bits per heavy atom. The van der Waals surface area contributed by atoms with Crippen LogP contribution < -0.4 is 15.5 Å². The first-order chi connectivity index (χ1) is 13.2. The minimum atomic E-state index is -0.440. The van der Waals surface area contributed by atoms with E-state index in [0.29, 0.717) is 27.2 Å². The number of ether oxygens (including phenoxy) is 1. The van der Waals surface area contributed by atoms with Gasteiger partial charge in [0.25, 0.3) is 5.91 Å². The maximum Gasteiger partial charge on any atom is 0.277 e. The van der Waals surface area contributed by atoms with Crippen molar-refractivity contribution in [1.29, 1.82) is 0 Å². The third kappa shape index (κ3) is 7.14. The Morgan fingerprint density at radius 2 is 1.89 bits per heavy atom. The van der Waals surface area contributed by atoms with Gasteiger partial charge in [0.1, 0.15) is 5.75 Å². The highest BCUT2D eigenvalue weighted by Crippen LogP contribution is 2.26. The summed E-state index contributed by atoms with van der Waals surface area (Å²) in [4.78, 5) is 23.9. The summed E-state index contributed by atoms with van der Waals surface area (Å²) in [6.07, 6.45) is -0.0203. The Hall–Kier alpha value is -2.09. The van der Waals surface area contributed by atoms with Gasteiger partial charge < -0.3 is 10.1 Å². The highest BCUT2D eigenvalue weighted by atomic mass is 79.9. The molecule has 0 heterocycles. The molecule has 0 aliphatic rings. The van der Waals surface area contributed by atoms with Crippen LogP contribution in [0.4, 0.5) is 5.69 Å². The van der Waals surface area contributed by atoms with Crippen molar-refractivity contribution >= 4 is 62.3 Å². The van der Waals surface area contributed by atoms with Crippen LogP contribution in [-0.2, 0) is 9.59 Å². The van der Waals surface area contributed by atoms with Gasteiger partial charge in [0, 0.05) is 10.7 Å². The summed E-state index contributed by atoms with van der Waals surface area (Å²) in [6, 6.07) is 10.3. The molecule has 2 N–H and O–H groups in total. The Morgan fingerprint density at radius 1 is 1.14 bits per heavy atom. The summed E-state index contributed by atoms with van der Waals surface area (Å²) >= 11 is 15.3. The van der Waals surface area contributed by atoms with Crippen LogP contribution in [0.15, 0.2) is 46.0 Å². The Labute approximate surface area is 181 Å². The minimum absolute atomic E-state index is 0.0203. The first-order valence-electron chi connectivity index (χ1n) is 8.20. The van der Waals surface area contributed by atoms with Gasteiger partial charge in [-0.1, -0.05) is 29.3 Å². The second-order valence-electron chi connectivity index (χ2n) is 5.95. The second kappa shape index (κ2) is 10.5. The zero-order valence-corrected chi connectivity index (χ0v) is 18.3. The summed E-state index contributed by atoms with van der Waals surface area (Å²) in [5.41, 5.74) is 4.25. The highest BCUT2D eigenvalue weighted by molar-refractivity contribution is 9.10. The Balaban J connectivity index is 1.81. The maximum absolute atomic E-state index is 12.1. The van der Waals surface area contributed by atoms with Gasteiger partial charge in [0.2, 0.25) is 5.91 Å². The summed E-state index contributed by atoms with van der Waals surface area (Å²) in [6.45, 7) is 3.37. The van der Waals surface area contributed by atoms with Gasteiger partial charge in [-0.2, -0.15) is 5.10 Å². The average molecular weight is 487 g/mol. The zero-order valence-electron chi connectivity index (χ0n) is 15.2. The largest absolute Gasteiger partial charge is 0.483 e. The fourth-order valence-electron chi connectivity index (χ4n) is 2.12. The number of nitrogens with zero attached hydrogens (tertiary/aromatic N) is 1. The van der Waals surface area contributed by atoms with E-state index in [1.165, 1.54) is 0 Å². The number of hydrogen-bond donors (Lipinski definition) is 2. The third-order valence-electron chi connectivity index (χ3n) is 3.44. The molecule has 2 aromatic rings. The van der Waals surface area contributed by atoms with E-state index >= 15 is 0 Å². The number of carbonyl (C=O) groups excluding carboxylic acids is 2. The molecule has 2 aromatic carbocycles. The molecule has 9 heteroatoms. The molecule has 148 valence electrons. The maximum atomic E-state index is 12.1. The van der Waals surface area contributed by atoms with Gasteiger partial charge >= 0.3 is 0 Å². The van der Waals surface area contributed by atoms with Gasteiger partial charge in [-0.15, -0.1) is 0 Å². The molecule has 0 atom stereocenters. The monoisotopic (exact) mass is 485 g/mol. The van der Waals surface area contributed by atoms with Crippen molar-refractivity contribution < 1.29 is 14.3 Å². The van der Waals surface area contributed by atoms with Crippen molar-refractivity contribution in [3.8, 4) is 5.75 Å². The van der Waals surface area contributed by atoms with Gasteiger partial charge in [-0.05, 0) is 65.7 Å². The molecule has 0 bridgehead atoms. The van der Waals surface area contributed by atoms with Crippen LogP contribution in [0.2, 0.25) is 10.0 Å². The van der Waals surface area contributed by atoms with Crippen LogP contribution in [-0.4, -0.2) is 24.1 Å². The third-order valence-corrected chi connectivity index (χ3v) is 4.62. The second-order valence-corrected chi connectivity index (χ2v) is 7.65. The lowest BCUT2D eigenvalue weighted by atomic mass is 10.2. The van der Waals surface area contributed by atoms with Gasteiger partial charge in [-0.25, -0.2) is 5.43 Å². The normalized spacial score (nSPS) is 11.1. The predicted octanol–water partition coefficient (Wildman–Crippen LogP) is 4.96. The highest BCUT2D eigenvalue weighted by Gasteiger charge is 2.09. The number of anilines is 1. The average Bonchev–Trinajstić information content (AvgIpc) is 2.62. The number of hydrogen-bond acceptors (Lipinski definition) is 4. The lowest BCUT2D eigenvalue weighted by Gasteiger charge is -2.09. The van der Waals surface area contributed by atoms with Crippen molar-refractivity contribution in [2.75, 3.05) is 11.9 Å². The smallest absolute Gasteiger partial charge is 0.277 e. The molecule has 0 saturated carbocycles. The van der Waals surface area contributed by atoms with E-state index in [0.717, 1.165) is 10.0 Å². The molecule has 0 fully saturated rings. The van der Waals surface area contributed by atoms with Crippen molar-refractivity contribution in [3.05, 3.63) is 56.5 Å². The number of nitrogens with one attached hydrogen (secondary N) is 2. The number of rotatable bonds is 7. The number of halogens is 3. The fourth-order valence-corrected chi connectivity index (χ4v) is 3.06. The first-order valence-corrected chi connectivity index (χ1v) is 9.75. The summed E-state index contributed by atoms with van der Waals surface area (Å²) < 4.78 is 6.20. The number of benzene rings is 2. The van der Waals surface area contributed by atoms with E-state index in [9.17, 15) is 9.59 Å². The van der Waals surface area contributed by atoms with Crippen molar-refractivity contribution in [2.24, 2.45) is 5.10 Å². The number of aryl methyl sites for hydroxylation is 1. The van der Waals surface area contributed by atoms with Crippen molar-refractivity contribution in [1.82, 2.24) is 5.43 Å². The number of hydrazone groups is 1. The van der Waals surface area contributed by atoms with E-state index in [-0.39, 0.29) is 18.9 Å². The molecule has 28 heavy (non-hydrogen) atoms. The molecule has 0 radical (unpaired) electrons. The van der Waals surface area contributed by atoms with Crippen LogP contribution in [0.5, 0.6) is 5.75 Å². The lowest BCUT2D eigenvalue weighted by Crippen LogP contribution is -2.26. The van der Waals surface area contributed by atoms with Crippen LogP contribution >= 0.6 is 39.1 Å². The molecule has 0 spiro atoms. The molecule has 2 rings (SSSR count). The standard InChI is InChI=1S/C19H18BrCl2N3O3/c1-11-3-6-17(14(20)7-11)28-10-19(27)25-24-12(2)8-18(26)23-16-9-13(21)4-5-15(16)22/h3-7,9H,8,10H2,1-2H3,(H,23,26)(H,25,27)/b24-12-. The van der Waals surface area contributed by atoms with E-state index < -0.39 is 5.91 Å². The first kappa shape index (κ1) is 22.2. The van der Waals surface area contributed by atoms with Gasteiger partial charge in [0.05, 0.1) is 21.6 Å². The molecular weight excluding hydrogens is 469 g/mol. The van der Waals surface area contributed by atoms with E-state index in [1.54, 1.807) is 31.2 Å². The quantitative estimate of drug-likeness (QED) is 0.428. The summed E-state index contributed by atoms with van der Waals surface area (Å²) in [5, 5.41) is 7.38. The minimum Gasteiger partial charge on any atom is -0.483 e. The summed E-state index contributed by atoms with van der Waals surface area (Å²) in [5.74, 6) is -0.219. The SMILES string of the molecule is C/C(CC(=O)Nc1cc(Cl)ccc1Cl)=N/NC(=O)COc1ccc(C)cc1Br. The van der Waals surface area contributed by atoms with Crippen LogP contribution in [0.3, 0.4) is 0 Å². The van der Waals surface area contributed by atoms with E-state index in [2.05, 4.69) is 31.8 Å². The topological polar surface area (TPSA) is 79.8 Å². The zero-order chi connectivity index (χ0) is 20.7. The number of carbonyl (C=O) groups is 2. The molecule has 0 aliphatic carbocycles. The molecule has 0 unspecified atom stereocenters. The summed E-state index contributed by atoms with van der Waals surface area (Å²) in [7, 11) is 0. The Bertz CT molecular complexity index is 919. The van der Waals surface area contributed by atoms with Crippen LogP contribution in [0.25, 0.3) is 0 Å². The Kier molecular flexibility index (Phi) is 8.29. The molecular formula is C19H18BrCl2N3O3. The fraction of sp³-hybridized carbons (Fsp3) is 0.211. The molecule has 0 aliphatic heterocycles. The number of amides is 2. The van der Waals surface area contributed by atoms with Gasteiger partial charge in [-0.3, -0.25) is 9.59 Å². The van der Waals surface area contributed by atoms with Crippen LogP contribution in [0.1, 0.15) is 18.9 Å². The van der Waals surface area contributed by atoms with Crippen molar-refractivity contribution in [3.63, 3.8) is 0 Å². The lowest BCUT2D eigenvalue weighted by molar-refractivity contribution is -0.123. The molecule has 2 amide bonds. The molecule has 6 nitrogen and oxygen atoms in total. The molecule has 0 saturated heterocycles. The molecule has 0 aromatic heterocycles. The van der Waals surface area contributed by atoms with Crippen LogP contribution in [0, 0.1) is 6.92 Å². The van der Waals surface area contributed by atoms with Gasteiger partial charge in [0.15, 0.2) is 6.61 Å². The predicted molar refractivity (Wildman–Crippen MR) is 115 cm³/mol.